The van der Waals surface area contributed by atoms with Crippen molar-refractivity contribution in [3.05, 3.63) is 0 Å². The fourth-order valence-electron chi connectivity index (χ4n) is 24.7. The molecule has 0 spiro atoms. The summed E-state index contributed by atoms with van der Waals surface area (Å²) in [5.74, 6) is 6.67. The smallest absolute Gasteiger partial charge is 0.748 e. The molecule has 25 heteroatoms. The van der Waals surface area contributed by atoms with Crippen molar-refractivity contribution in [1.29, 1.82) is 0 Å². The third-order valence-electron chi connectivity index (χ3n) is 28.4. The van der Waals surface area contributed by atoms with Crippen LogP contribution in [0.2, 0.25) is 0 Å². The summed E-state index contributed by atoms with van der Waals surface area (Å²) < 4.78 is 76.3. The van der Waals surface area contributed by atoms with Gasteiger partial charge in [-0.05, 0) is 186 Å². The summed E-state index contributed by atoms with van der Waals surface area (Å²) in [6.07, 6.45) is 37.0. The van der Waals surface area contributed by atoms with E-state index in [9.17, 15) is 25.9 Å². The Bertz CT molecular complexity index is 2540. The first-order valence-electron chi connectivity index (χ1n) is 36.9. The van der Waals surface area contributed by atoms with Crippen LogP contribution in [0, 0.1) is 94.7 Å². The Kier molecular flexibility index (Phi) is 18.4. The maximum Gasteiger partial charge on any atom is 2.00 e. The molecule has 34 unspecified atom stereocenters. The summed E-state index contributed by atoms with van der Waals surface area (Å²) in [5, 5.41) is 63.1. The van der Waals surface area contributed by atoms with Crippen molar-refractivity contribution in [2.24, 2.45) is 94.7 Å². The molecular weight excluding hydrogens is 1210 g/mol. The summed E-state index contributed by atoms with van der Waals surface area (Å²) >= 11 is 0. The molecule has 22 nitrogen and oxygen atoms in total. The Morgan fingerprint density at radius 1 is 0.191 bits per heavy atom. The molecule has 89 heavy (non-hydrogen) atoms. The maximum absolute atomic E-state index is 12.7. The monoisotopic (exact) mass is 1320 g/mol. The van der Waals surface area contributed by atoms with Crippen LogP contribution in [0.15, 0.2) is 0 Å². The Balaban J connectivity index is 0.000000141. The van der Waals surface area contributed by atoms with Gasteiger partial charge in [-0.15, -0.1) is 0 Å². The minimum absolute atomic E-state index is 0. The van der Waals surface area contributed by atoms with Crippen LogP contribution in [0.5, 0.6) is 0 Å². The molecule has 18 rings (SSSR count). The molecule has 16 bridgehead atoms. The van der Waals surface area contributed by atoms with Crippen LogP contribution in [0.3, 0.4) is 0 Å². The van der Waals surface area contributed by atoms with E-state index >= 15 is 0 Å². The van der Waals surface area contributed by atoms with Crippen LogP contribution in [0.4, 0.5) is 0 Å². The van der Waals surface area contributed by atoms with Crippen molar-refractivity contribution in [3.63, 3.8) is 0 Å². The van der Waals surface area contributed by atoms with E-state index in [1.165, 1.54) is 154 Å². The molecule has 10 heterocycles. The van der Waals surface area contributed by atoms with Gasteiger partial charge in [0.15, 0.2) is 0 Å². The van der Waals surface area contributed by atoms with Gasteiger partial charge in [0.05, 0.1) is 129 Å². The number of hydrogen-bond acceptors (Lipinski definition) is 22. The van der Waals surface area contributed by atoms with Gasteiger partial charge >= 0.3 is 16.5 Å². The van der Waals surface area contributed by atoms with Crippen LogP contribution < -0.4 is 85.1 Å². The second kappa shape index (κ2) is 25.8. The topological polar surface area (TPSA) is 307 Å². The summed E-state index contributed by atoms with van der Waals surface area (Å²) in [6, 6.07) is 0. The van der Waals surface area contributed by atoms with E-state index in [1.54, 1.807) is 0 Å². The average molecular weight is 1320 g/mol. The summed E-state index contributed by atoms with van der Waals surface area (Å²) in [4.78, 5) is 0. The molecule has 10 saturated heterocycles. The van der Waals surface area contributed by atoms with E-state index in [-0.39, 0.29) is 126 Å². The molecule has 8 saturated carbocycles. The Hall–Kier alpha value is -0.326. The van der Waals surface area contributed by atoms with Gasteiger partial charge in [-0.1, -0.05) is 89.9 Å². The maximum atomic E-state index is 12.7. The van der Waals surface area contributed by atoms with Crippen molar-refractivity contribution in [1.82, 2.24) is 85.1 Å². The largest absolute Gasteiger partial charge is 2.00 e. The average Bonchev–Trinajstić information content (AvgIpc) is 1.68. The van der Waals surface area contributed by atoms with Crippen LogP contribution >= 0.6 is 0 Å². The van der Waals surface area contributed by atoms with Crippen LogP contribution in [-0.2, 0) is 36.7 Å². The number of nitrogens with one attached hydrogen (secondary N) is 16. The first-order valence-corrected chi connectivity index (χ1v) is 39.9. The normalized spacial score (nSPS) is 54.9. The van der Waals surface area contributed by atoms with Gasteiger partial charge in [-0.3, -0.25) is 85.1 Å². The van der Waals surface area contributed by atoms with E-state index in [1.807, 2.05) is 0 Å². The molecule has 0 radical (unpaired) electrons. The molecular formula is C64H110N16NiO6S2. The molecule has 0 aromatic rings. The molecule has 8 aliphatic carbocycles. The van der Waals surface area contributed by atoms with Crippen LogP contribution in [0.1, 0.15) is 193 Å². The third-order valence-corrected chi connectivity index (χ3v) is 31.0. The van der Waals surface area contributed by atoms with Crippen LogP contribution in [0.25, 0.3) is 0 Å². The first kappa shape index (κ1) is 63.4. The second-order valence-electron chi connectivity index (χ2n) is 32.4. The SMILES string of the molecule is O=S(=O)([O-])C1CCCC2C3NC4NC(NC5NC(NC6NC(NC(N3)C21)C1CCCCC61)C1CCCCC51)C1CCCCC41.O=S(=O)([O-])C1CCCC2C3NC4NC(NC5NC(NC6NC(NC(N3)C21)C1CCCCC61)C1CCCCC51)C1CCCCC41.[Ni+2]. The fourth-order valence-corrected chi connectivity index (χ4v) is 27.1. The molecule has 18 fully saturated rings. The zero-order valence-corrected chi connectivity index (χ0v) is 55.0. The Labute approximate surface area is 541 Å². The number of rotatable bonds is 2. The predicted molar refractivity (Wildman–Crippen MR) is 332 cm³/mol. The quantitative estimate of drug-likeness (QED) is 0.139. The molecule has 0 aromatic carbocycles. The number of fused-ring (bicyclic) bond motifs is 40. The fraction of sp³-hybridized carbons (Fsp3) is 1.00. The first-order chi connectivity index (χ1) is 42.8. The second-order valence-corrected chi connectivity index (χ2v) is 35.6. The molecule has 16 N–H and O–H groups in total. The van der Waals surface area contributed by atoms with Crippen molar-refractivity contribution in [2.45, 2.75) is 302 Å². The van der Waals surface area contributed by atoms with E-state index in [2.05, 4.69) is 85.1 Å². The molecule has 0 amide bonds. The summed E-state index contributed by atoms with van der Waals surface area (Å²) in [5.41, 5.74) is 0. The molecule has 18 aliphatic rings. The van der Waals surface area contributed by atoms with Crippen molar-refractivity contribution >= 4 is 20.2 Å². The minimum Gasteiger partial charge on any atom is -0.748 e. The van der Waals surface area contributed by atoms with E-state index < -0.39 is 30.7 Å². The van der Waals surface area contributed by atoms with Gasteiger partial charge in [0.25, 0.3) is 0 Å². The van der Waals surface area contributed by atoms with Gasteiger partial charge in [-0.25, -0.2) is 16.8 Å². The van der Waals surface area contributed by atoms with Crippen molar-refractivity contribution < 1.29 is 42.4 Å². The van der Waals surface area contributed by atoms with Gasteiger partial charge in [0, 0.05) is 11.8 Å². The van der Waals surface area contributed by atoms with Crippen molar-refractivity contribution in [2.75, 3.05) is 0 Å². The molecule has 34 atom stereocenters. The molecule has 0 aromatic heterocycles. The molecule has 10 aliphatic heterocycles. The zero-order valence-electron chi connectivity index (χ0n) is 52.4. The Morgan fingerprint density at radius 2 is 0.326 bits per heavy atom. The third kappa shape index (κ3) is 11.8. The number of hydrogen-bond donors (Lipinski definition) is 16. The minimum atomic E-state index is -4.41. The van der Waals surface area contributed by atoms with E-state index in [0.717, 1.165) is 25.7 Å². The van der Waals surface area contributed by atoms with Crippen molar-refractivity contribution in [3.8, 4) is 0 Å². The molecule has 504 valence electrons. The standard InChI is InChI=1S/2C32H56N8O3S.Ni/c2*41-44(42,43)23-15-7-14-22-24(23)32-39-30-21-13-6-5-12-20(21)28(37-30)35-26-17-9-2-1-8-16(17)25(33-26)34-27-18-10-3-4-11-19(18)29(36-27)38-31(22)40-32;/h2*16-40H,1-15H2,(H,41,42,43);/q;;+2/p-2. The van der Waals surface area contributed by atoms with Gasteiger partial charge in [0.1, 0.15) is 0 Å². The zero-order chi connectivity index (χ0) is 59.2. The van der Waals surface area contributed by atoms with Gasteiger partial charge in [0.2, 0.25) is 0 Å². The predicted octanol–water partition coefficient (Wildman–Crippen LogP) is 2.26. The summed E-state index contributed by atoms with van der Waals surface area (Å²) in [7, 11) is -8.81. The van der Waals surface area contributed by atoms with Gasteiger partial charge < -0.3 is 9.11 Å². The van der Waals surface area contributed by atoms with Crippen LogP contribution in [-0.4, -0.2) is 135 Å². The summed E-state index contributed by atoms with van der Waals surface area (Å²) in [6.45, 7) is 0. The van der Waals surface area contributed by atoms with Gasteiger partial charge in [-0.2, -0.15) is 0 Å². The van der Waals surface area contributed by atoms with E-state index in [4.69, 9.17) is 0 Å². The van der Waals surface area contributed by atoms with E-state index in [0.29, 0.717) is 96.2 Å². The Morgan fingerprint density at radius 3 is 0.483 bits per heavy atom.